The van der Waals surface area contributed by atoms with Crippen molar-refractivity contribution in [2.75, 3.05) is 34.3 Å². The van der Waals surface area contributed by atoms with E-state index in [1.54, 1.807) is 24.3 Å². The Balaban J connectivity index is 0.00000301. The predicted molar refractivity (Wildman–Crippen MR) is 167 cm³/mol. The molecule has 1 N–H and O–H groups in total. The molecular formula is C35H48FN2O4+. The minimum atomic E-state index is -0.605. The Morgan fingerprint density at radius 2 is 1.40 bits per heavy atom. The van der Waals surface area contributed by atoms with Crippen LogP contribution in [0.5, 0.6) is 11.5 Å². The van der Waals surface area contributed by atoms with E-state index in [0.717, 1.165) is 51.0 Å². The van der Waals surface area contributed by atoms with Gasteiger partial charge in [-0.25, -0.2) is 9.18 Å². The summed E-state index contributed by atoms with van der Waals surface area (Å²) in [6.07, 6.45) is 7.09. The van der Waals surface area contributed by atoms with Crippen molar-refractivity contribution in [3.63, 3.8) is 0 Å². The second-order valence-electron chi connectivity index (χ2n) is 11.0. The highest BCUT2D eigenvalue weighted by Gasteiger charge is 2.31. The van der Waals surface area contributed by atoms with E-state index >= 15 is 0 Å². The number of hydrogen-bond acceptors (Lipinski definition) is 4. The van der Waals surface area contributed by atoms with Gasteiger partial charge in [-0.15, -0.1) is 0 Å². The van der Waals surface area contributed by atoms with E-state index in [9.17, 15) is 14.0 Å². The molecule has 3 rings (SSSR count). The Hall–Kier alpha value is -3.71. The van der Waals surface area contributed by atoms with Crippen molar-refractivity contribution in [3.8, 4) is 11.5 Å². The van der Waals surface area contributed by atoms with Gasteiger partial charge in [-0.3, -0.25) is 4.79 Å². The summed E-state index contributed by atoms with van der Waals surface area (Å²) in [6, 6.07) is 22.3. The molecular weight excluding hydrogens is 531 g/mol. The number of likely N-dealkylation sites (N-methyl/N-ethyl adjacent to an activating group) is 1. The minimum absolute atomic E-state index is 0.117. The lowest BCUT2D eigenvalue weighted by atomic mass is 10.0. The summed E-state index contributed by atoms with van der Waals surface area (Å²) < 4.78 is 25.0. The lowest BCUT2D eigenvalue weighted by Gasteiger charge is -2.33. The van der Waals surface area contributed by atoms with Crippen LogP contribution in [0.2, 0.25) is 0 Å². The van der Waals surface area contributed by atoms with E-state index in [2.05, 4.69) is 38.6 Å². The summed E-state index contributed by atoms with van der Waals surface area (Å²) in [5.41, 5.74) is 1.34. The van der Waals surface area contributed by atoms with Crippen LogP contribution in [-0.2, 0) is 11.2 Å². The van der Waals surface area contributed by atoms with Crippen LogP contribution in [0, 0.1) is 5.82 Å². The summed E-state index contributed by atoms with van der Waals surface area (Å²) in [7, 11) is 6.21. The van der Waals surface area contributed by atoms with E-state index in [0.29, 0.717) is 29.1 Å². The zero-order chi connectivity index (χ0) is 30.8. The van der Waals surface area contributed by atoms with Gasteiger partial charge in [0.05, 0.1) is 33.3 Å². The summed E-state index contributed by atoms with van der Waals surface area (Å²) in [5, 5.41) is 3.15. The average Bonchev–Trinajstić information content (AvgIpc) is 2.98. The SMILES string of the molecule is CC.C[N+](C)(C)C(Cc1ccccc1)C(=O)NCCCCCCCCOc1ccc(OC(=O)c2cccc(F)c2)cc1. The fraction of sp³-hybridized carbons (Fsp3) is 0.429. The van der Waals surface area contributed by atoms with Crippen LogP contribution >= 0.6 is 0 Å². The molecule has 1 amide bonds. The van der Waals surface area contributed by atoms with Gasteiger partial charge >= 0.3 is 5.97 Å². The third-order valence-corrected chi connectivity index (χ3v) is 6.74. The molecule has 0 aliphatic carbocycles. The molecule has 0 spiro atoms. The number of nitrogens with one attached hydrogen (secondary N) is 1. The number of carbonyl (C=O) groups is 2. The second kappa shape index (κ2) is 18.7. The van der Waals surface area contributed by atoms with E-state index < -0.39 is 11.8 Å². The number of unbranched alkanes of at least 4 members (excludes halogenated alkanes) is 5. The van der Waals surface area contributed by atoms with Crippen molar-refractivity contribution in [2.24, 2.45) is 0 Å². The second-order valence-corrected chi connectivity index (χ2v) is 11.0. The van der Waals surface area contributed by atoms with Gasteiger partial charge in [0.1, 0.15) is 17.3 Å². The van der Waals surface area contributed by atoms with Crippen LogP contribution < -0.4 is 14.8 Å². The molecule has 0 saturated carbocycles. The third-order valence-electron chi connectivity index (χ3n) is 6.74. The highest BCUT2D eigenvalue weighted by molar-refractivity contribution is 5.91. The highest BCUT2D eigenvalue weighted by Crippen LogP contribution is 2.19. The first-order valence-electron chi connectivity index (χ1n) is 15.1. The molecule has 42 heavy (non-hydrogen) atoms. The quantitative estimate of drug-likeness (QED) is 0.0842. The van der Waals surface area contributed by atoms with E-state index in [-0.39, 0.29) is 17.5 Å². The van der Waals surface area contributed by atoms with Crippen molar-refractivity contribution in [2.45, 2.75) is 64.8 Å². The number of hydrogen-bond donors (Lipinski definition) is 1. The number of rotatable bonds is 16. The van der Waals surface area contributed by atoms with Crippen molar-refractivity contribution in [3.05, 3.63) is 95.8 Å². The van der Waals surface area contributed by atoms with Gasteiger partial charge in [-0.1, -0.05) is 75.9 Å². The number of quaternary nitrogens is 1. The van der Waals surface area contributed by atoms with Gasteiger partial charge in [0.25, 0.3) is 5.91 Å². The van der Waals surface area contributed by atoms with Crippen molar-refractivity contribution in [1.29, 1.82) is 0 Å². The Morgan fingerprint density at radius 1 is 0.786 bits per heavy atom. The summed E-state index contributed by atoms with van der Waals surface area (Å²) in [5.74, 6) is 0.117. The number of halogens is 1. The molecule has 0 radical (unpaired) electrons. The monoisotopic (exact) mass is 579 g/mol. The fourth-order valence-electron chi connectivity index (χ4n) is 4.39. The zero-order valence-corrected chi connectivity index (χ0v) is 25.9. The van der Waals surface area contributed by atoms with Gasteiger partial charge in [-0.2, -0.15) is 0 Å². The number of ether oxygens (including phenoxy) is 2. The van der Waals surface area contributed by atoms with Crippen molar-refractivity contribution in [1.82, 2.24) is 5.32 Å². The maximum Gasteiger partial charge on any atom is 0.343 e. The van der Waals surface area contributed by atoms with Crippen molar-refractivity contribution < 1.29 is 27.9 Å². The summed E-state index contributed by atoms with van der Waals surface area (Å²) in [6.45, 7) is 5.33. The first-order chi connectivity index (χ1) is 20.2. The standard InChI is InChI=1S/C33H41FN2O4.C2H6/c1-36(2,3)31(24-26-14-9-8-10-15-26)32(37)35-22-11-6-4-5-7-12-23-39-29-18-20-30(21-19-29)40-33(38)27-16-13-17-28(34)25-27;1-2/h8-10,13-21,25,31H,4-7,11-12,22-24H2,1-3H3;1-2H3/p+1. The Bertz CT molecular complexity index is 1190. The number of amides is 1. The maximum atomic E-state index is 13.3. The molecule has 1 unspecified atom stereocenters. The molecule has 3 aromatic carbocycles. The third kappa shape index (κ3) is 12.9. The van der Waals surface area contributed by atoms with Gasteiger partial charge in [-0.05, 0) is 60.9 Å². The Labute approximate surface area is 251 Å². The summed E-state index contributed by atoms with van der Waals surface area (Å²) >= 11 is 0. The first kappa shape index (κ1) is 34.5. The summed E-state index contributed by atoms with van der Waals surface area (Å²) in [4.78, 5) is 25.0. The smallest absolute Gasteiger partial charge is 0.343 e. The molecule has 0 saturated heterocycles. The van der Waals surface area contributed by atoms with Gasteiger partial charge in [0, 0.05) is 13.0 Å². The van der Waals surface area contributed by atoms with Gasteiger partial charge in [0.15, 0.2) is 6.04 Å². The molecule has 0 aliphatic rings. The number of esters is 1. The van der Waals surface area contributed by atoms with Gasteiger partial charge < -0.3 is 19.3 Å². The van der Waals surface area contributed by atoms with Crippen LogP contribution in [-0.4, -0.2) is 56.7 Å². The molecule has 0 fully saturated rings. The van der Waals surface area contributed by atoms with Crippen LogP contribution in [0.4, 0.5) is 4.39 Å². The lowest BCUT2D eigenvalue weighted by Crippen LogP contribution is -2.55. The topological polar surface area (TPSA) is 64.6 Å². The Morgan fingerprint density at radius 3 is 2.05 bits per heavy atom. The zero-order valence-electron chi connectivity index (χ0n) is 25.9. The molecule has 1 atom stereocenters. The number of nitrogens with zero attached hydrogens (tertiary/aromatic N) is 1. The maximum absolute atomic E-state index is 13.3. The van der Waals surface area contributed by atoms with E-state index in [4.69, 9.17) is 9.47 Å². The molecule has 0 heterocycles. The minimum Gasteiger partial charge on any atom is -0.494 e. The molecule has 228 valence electrons. The van der Waals surface area contributed by atoms with Gasteiger partial charge in [0.2, 0.25) is 0 Å². The average molecular weight is 580 g/mol. The van der Waals surface area contributed by atoms with Crippen LogP contribution in [0.3, 0.4) is 0 Å². The highest BCUT2D eigenvalue weighted by atomic mass is 19.1. The molecule has 6 nitrogen and oxygen atoms in total. The fourth-order valence-corrected chi connectivity index (χ4v) is 4.39. The van der Waals surface area contributed by atoms with E-state index in [1.807, 2.05) is 32.0 Å². The lowest BCUT2D eigenvalue weighted by molar-refractivity contribution is -0.886. The van der Waals surface area contributed by atoms with Crippen LogP contribution in [0.15, 0.2) is 78.9 Å². The molecule has 0 aromatic heterocycles. The molecule has 0 bridgehead atoms. The van der Waals surface area contributed by atoms with E-state index in [1.165, 1.54) is 23.8 Å². The van der Waals surface area contributed by atoms with Crippen molar-refractivity contribution >= 4 is 11.9 Å². The van der Waals surface area contributed by atoms with Crippen LogP contribution in [0.25, 0.3) is 0 Å². The number of carbonyl (C=O) groups excluding carboxylic acids is 2. The predicted octanol–water partition coefficient (Wildman–Crippen LogP) is 7.22. The van der Waals surface area contributed by atoms with Crippen LogP contribution in [0.1, 0.15) is 68.3 Å². The Kier molecular flexibility index (Phi) is 15.3. The normalized spacial score (nSPS) is 11.6. The molecule has 0 aliphatic heterocycles. The molecule has 7 heteroatoms. The first-order valence-corrected chi connectivity index (χ1v) is 15.1. The molecule has 3 aromatic rings. The number of benzene rings is 3. The largest absolute Gasteiger partial charge is 0.494 e.